The molecule has 0 amide bonds. The van der Waals surface area contributed by atoms with E-state index in [4.69, 9.17) is 4.42 Å². The van der Waals surface area contributed by atoms with Gasteiger partial charge < -0.3 is 9.73 Å². The number of oxazole rings is 1. The summed E-state index contributed by atoms with van der Waals surface area (Å²) >= 11 is 1.60. The van der Waals surface area contributed by atoms with E-state index in [0.29, 0.717) is 5.22 Å². The lowest BCUT2D eigenvalue weighted by molar-refractivity contribution is 0.489. The van der Waals surface area contributed by atoms with Gasteiger partial charge in [0.2, 0.25) is 0 Å². The number of thioether (sulfide) groups is 1. The normalized spacial score (nSPS) is 10.9. The van der Waals surface area contributed by atoms with Crippen molar-refractivity contribution in [3.05, 3.63) is 48.2 Å². The first-order chi connectivity index (χ1) is 10.3. The van der Waals surface area contributed by atoms with Crippen LogP contribution in [0.4, 0.5) is 5.82 Å². The quantitative estimate of drug-likeness (QED) is 0.686. The molecule has 0 aliphatic carbocycles. The zero-order valence-corrected chi connectivity index (χ0v) is 12.7. The highest BCUT2D eigenvalue weighted by molar-refractivity contribution is 7.98. The van der Waals surface area contributed by atoms with Crippen LogP contribution < -0.4 is 5.32 Å². The minimum absolute atomic E-state index is 0.705. The number of hydrogen-bond donors (Lipinski definition) is 1. The highest BCUT2D eigenvalue weighted by Crippen LogP contribution is 2.26. The van der Waals surface area contributed by atoms with Gasteiger partial charge in [-0.25, -0.2) is 9.97 Å². The van der Waals surface area contributed by atoms with Crippen LogP contribution in [0.25, 0.3) is 11.1 Å². The van der Waals surface area contributed by atoms with Gasteiger partial charge in [0, 0.05) is 18.5 Å². The second kappa shape index (κ2) is 6.63. The standard InChI is InChI=1S/C16H17N3OS/c1-2-8-17-15-10-12(7-9-18-15)11-21-16-19-13-5-3-4-6-14(13)20-16/h3-7,9-10H,2,8,11H2,1H3,(H,17,18). The van der Waals surface area contributed by atoms with Crippen LogP contribution in [0.15, 0.2) is 52.2 Å². The molecule has 1 aromatic carbocycles. The van der Waals surface area contributed by atoms with E-state index in [1.807, 2.05) is 36.5 Å². The fourth-order valence-electron chi connectivity index (χ4n) is 1.97. The fourth-order valence-corrected chi connectivity index (χ4v) is 2.75. The molecule has 2 aromatic heterocycles. The smallest absolute Gasteiger partial charge is 0.257 e. The first kappa shape index (κ1) is 13.9. The molecule has 0 radical (unpaired) electrons. The molecule has 0 atom stereocenters. The number of fused-ring (bicyclic) bond motifs is 1. The Balaban J connectivity index is 1.66. The maximum Gasteiger partial charge on any atom is 0.257 e. The lowest BCUT2D eigenvalue weighted by Crippen LogP contribution is -2.01. The zero-order valence-electron chi connectivity index (χ0n) is 11.9. The van der Waals surface area contributed by atoms with Gasteiger partial charge in [-0.2, -0.15) is 0 Å². The molecule has 108 valence electrons. The Hall–Kier alpha value is -2.01. The predicted molar refractivity (Wildman–Crippen MR) is 86.6 cm³/mol. The number of hydrogen-bond acceptors (Lipinski definition) is 5. The maximum absolute atomic E-state index is 5.71. The molecule has 5 heteroatoms. The first-order valence-corrected chi connectivity index (χ1v) is 8.01. The molecule has 0 aliphatic rings. The molecule has 4 nitrogen and oxygen atoms in total. The van der Waals surface area contributed by atoms with Gasteiger partial charge in [-0.3, -0.25) is 0 Å². The van der Waals surface area contributed by atoms with Crippen LogP contribution in [0, 0.1) is 0 Å². The lowest BCUT2D eigenvalue weighted by atomic mass is 10.3. The number of rotatable bonds is 6. The zero-order chi connectivity index (χ0) is 14.5. The Morgan fingerprint density at radius 1 is 1.24 bits per heavy atom. The number of benzene rings is 1. The SMILES string of the molecule is CCCNc1cc(CSc2nc3ccccc3o2)ccn1. The molecule has 2 heterocycles. The summed E-state index contributed by atoms with van der Waals surface area (Å²) in [6.45, 7) is 3.08. The largest absolute Gasteiger partial charge is 0.431 e. The van der Waals surface area contributed by atoms with Crippen molar-refractivity contribution in [1.82, 2.24) is 9.97 Å². The first-order valence-electron chi connectivity index (χ1n) is 7.02. The van der Waals surface area contributed by atoms with Gasteiger partial charge in [0.05, 0.1) is 0 Å². The molecule has 0 aliphatic heterocycles. The Morgan fingerprint density at radius 2 is 2.14 bits per heavy atom. The van der Waals surface area contributed by atoms with Crippen LogP contribution in [0.2, 0.25) is 0 Å². The number of nitrogens with one attached hydrogen (secondary N) is 1. The van der Waals surface area contributed by atoms with Crippen molar-refractivity contribution in [2.24, 2.45) is 0 Å². The van der Waals surface area contributed by atoms with E-state index in [-0.39, 0.29) is 0 Å². The van der Waals surface area contributed by atoms with Crippen LogP contribution in [0.1, 0.15) is 18.9 Å². The van der Waals surface area contributed by atoms with E-state index in [1.165, 1.54) is 5.56 Å². The van der Waals surface area contributed by atoms with Crippen molar-refractivity contribution < 1.29 is 4.42 Å². The Kier molecular flexibility index (Phi) is 4.40. The van der Waals surface area contributed by atoms with Gasteiger partial charge in [-0.05, 0) is 36.2 Å². The molecule has 0 saturated carbocycles. The van der Waals surface area contributed by atoms with E-state index in [9.17, 15) is 0 Å². The van der Waals surface area contributed by atoms with Gasteiger partial charge in [-0.1, -0.05) is 30.8 Å². The molecule has 0 bridgehead atoms. The maximum atomic E-state index is 5.71. The van der Waals surface area contributed by atoms with Crippen molar-refractivity contribution >= 4 is 28.7 Å². The molecule has 0 fully saturated rings. The van der Waals surface area contributed by atoms with Gasteiger partial charge in [0.15, 0.2) is 5.58 Å². The van der Waals surface area contributed by atoms with Gasteiger partial charge in [0.1, 0.15) is 11.3 Å². The van der Waals surface area contributed by atoms with Crippen molar-refractivity contribution in [2.75, 3.05) is 11.9 Å². The van der Waals surface area contributed by atoms with E-state index in [1.54, 1.807) is 11.8 Å². The van der Waals surface area contributed by atoms with Crippen LogP contribution in [-0.4, -0.2) is 16.5 Å². The Morgan fingerprint density at radius 3 is 3.00 bits per heavy atom. The molecule has 0 saturated heterocycles. The van der Waals surface area contributed by atoms with E-state index in [0.717, 1.165) is 35.6 Å². The van der Waals surface area contributed by atoms with Crippen LogP contribution in [0.5, 0.6) is 0 Å². The molecule has 0 unspecified atom stereocenters. The molecule has 21 heavy (non-hydrogen) atoms. The monoisotopic (exact) mass is 299 g/mol. The second-order valence-corrected chi connectivity index (χ2v) is 5.64. The highest BCUT2D eigenvalue weighted by Gasteiger charge is 2.06. The summed E-state index contributed by atoms with van der Waals surface area (Å²) < 4.78 is 5.71. The minimum Gasteiger partial charge on any atom is -0.431 e. The Bertz CT molecular complexity index is 693. The number of nitrogens with zero attached hydrogens (tertiary/aromatic N) is 2. The van der Waals surface area contributed by atoms with E-state index < -0.39 is 0 Å². The third-order valence-electron chi connectivity index (χ3n) is 3.02. The van der Waals surface area contributed by atoms with Gasteiger partial charge >= 0.3 is 0 Å². The lowest BCUT2D eigenvalue weighted by Gasteiger charge is -2.05. The third-order valence-corrected chi connectivity index (χ3v) is 3.92. The van der Waals surface area contributed by atoms with Gasteiger partial charge in [-0.15, -0.1) is 0 Å². The topological polar surface area (TPSA) is 51.0 Å². The summed E-state index contributed by atoms with van der Waals surface area (Å²) in [5, 5.41) is 4.00. The summed E-state index contributed by atoms with van der Waals surface area (Å²) in [6, 6.07) is 11.9. The van der Waals surface area contributed by atoms with Crippen LogP contribution in [0.3, 0.4) is 0 Å². The number of anilines is 1. The molecular formula is C16H17N3OS. The summed E-state index contributed by atoms with van der Waals surface area (Å²) in [4.78, 5) is 8.77. The molecule has 3 rings (SSSR count). The number of aromatic nitrogens is 2. The highest BCUT2D eigenvalue weighted by atomic mass is 32.2. The molecular weight excluding hydrogens is 282 g/mol. The van der Waals surface area contributed by atoms with Crippen LogP contribution in [-0.2, 0) is 5.75 Å². The summed E-state index contributed by atoms with van der Waals surface area (Å²) in [6.07, 6.45) is 2.92. The third kappa shape index (κ3) is 3.55. The molecule has 0 spiro atoms. The van der Waals surface area contributed by atoms with Crippen molar-refractivity contribution in [2.45, 2.75) is 24.3 Å². The second-order valence-electron chi connectivity index (χ2n) is 4.71. The van der Waals surface area contributed by atoms with Crippen molar-refractivity contribution in [3.63, 3.8) is 0 Å². The summed E-state index contributed by atoms with van der Waals surface area (Å²) in [5.74, 6) is 1.74. The molecule has 3 aromatic rings. The number of pyridine rings is 1. The van der Waals surface area contributed by atoms with E-state index >= 15 is 0 Å². The van der Waals surface area contributed by atoms with E-state index in [2.05, 4.69) is 28.3 Å². The summed E-state index contributed by atoms with van der Waals surface area (Å²) in [5.41, 5.74) is 2.94. The average molecular weight is 299 g/mol. The predicted octanol–water partition coefficient (Wildman–Crippen LogP) is 4.34. The van der Waals surface area contributed by atoms with Crippen molar-refractivity contribution in [3.8, 4) is 0 Å². The Labute approximate surface area is 128 Å². The van der Waals surface area contributed by atoms with Crippen LogP contribution >= 0.6 is 11.8 Å². The van der Waals surface area contributed by atoms with Crippen molar-refractivity contribution in [1.29, 1.82) is 0 Å². The number of para-hydroxylation sites is 2. The fraction of sp³-hybridized carbons (Fsp3) is 0.250. The average Bonchev–Trinajstić information content (AvgIpc) is 2.94. The van der Waals surface area contributed by atoms with Gasteiger partial charge in [0.25, 0.3) is 5.22 Å². The summed E-state index contributed by atoms with van der Waals surface area (Å²) in [7, 11) is 0. The minimum atomic E-state index is 0.705. The molecule has 1 N–H and O–H groups in total.